The third kappa shape index (κ3) is 2.23. The Morgan fingerprint density at radius 2 is 1.94 bits per heavy atom. The summed E-state index contributed by atoms with van der Waals surface area (Å²) in [6.07, 6.45) is 0. The van der Waals surface area contributed by atoms with E-state index in [-0.39, 0.29) is 11.7 Å². The Hall–Kier alpha value is -1.81. The lowest BCUT2D eigenvalue weighted by molar-refractivity contribution is -0.131. The van der Waals surface area contributed by atoms with Crippen molar-refractivity contribution < 1.29 is 14.6 Å². The minimum absolute atomic E-state index is 0.217. The summed E-state index contributed by atoms with van der Waals surface area (Å²) >= 11 is 1.49. The minimum Gasteiger partial charge on any atom is -0.508 e. The zero-order valence-electron chi connectivity index (χ0n) is 8.64. The van der Waals surface area contributed by atoms with Crippen molar-refractivity contribution in [2.24, 2.45) is 0 Å². The second-order valence-electron chi connectivity index (χ2n) is 3.25. The lowest BCUT2D eigenvalue weighted by atomic mass is 10.2. The maximum atomic E-state index is 10.9. The van der Waals surface area contributed by atoms with Crippen LogP contribution in [-0.2, 0) is 4.79 Å². The lowest BCUT2D eigenvalue weighted by Gasteiger charge is -2.03. The van der Waals surface area contributed by atoms with Gasteiger partial charge in [-0.05, 0) is 41.3 Å². The first kappa shape index (κ1) is 10.7. The number of benzene rings is 1. The van der Waals surface area contributed by atoms with Crippen molar-refractivity contribution >= 4 is 17.3 Å². The maximum Gasteiger partial charge on any atom is 0.308 e. The van der Waals surface area contributed by atoms with E-state index in [9.17, 15) is 9.90 Å². The molecule has 0 aliphatic carbocycles. The molecule has 16 heavy (non-hydrogen) atoms. The summed E-state index contributed by atoms with van der Waals surface area (Å²) in [6, 6.07) is 8.54. The number of thiophene rings is 1. The summed E-state index contributed by atoms with van der Waals surface area (Å²) in [5.41, 5.74) is 0.920. The van der Waals surface area contributed by atoms with Gasteiger partial charge >= 0.3 is 5.97 Å². The monoisotopic (exact) mass is 234 g/mol. The van der Waals surface area contributed by atoms with Gasteiger partial charge in [-0.25, -0.2) is 0 Å². The Morgan fingerprint density at radius 1 is 1.25 bits per heavy atom. The summed E-state index contributed by atoms with van der Waals surface area (Å²) < 4.78 is 5.08. The first-order valence-electron chi connectivity index (χ1n) is 4.72. The second-order valence-corrected chi connectivity index (χ2v) is 4.17. The van der Waals surface area contributed by atoms with Crippen LogP contribution in [0.25, 0.3) is 10.4 Å². The Kier molecular flexibility index (Phi) is 2.92. The van der Waals surface area contributed by atoms with E-state index in [4.69, 9.17) is 4.74 Å². The highest BCUT2D eigenvalue weighted by atomic mass is 32.1. The molecule has 82 valence electrons. The summed E-state index contributed by atoms with van der Waals surface area (Å²) in [5, 5.41) is 11.0. The number of hydrogen-bond donors (Lipinski definition) is 1. The van der Waals surface area contributed by atoms with E-state index in [1.54, 1.807) is 30.3 Å². The van der Waals surface area contributed by atoms with E-state index in [0.717, 1.165) is 10.4 Å². The molecule has 1 N–H and O–H groups in total. The van der Waals surface area contributed by atoms with Crippen LogP contribution in [0.3, 0.4) is 0 Å². The van der Waals surface area contributed by atoms with Crippen LogP contribution in [-0.4, -0.2) is 11.1 Å². The van der Waals surface area contributed by atoms with E-state index < -0.39 is 0 Å². The summed E-state index contributed by atoms with van der Waals surface area (Å²) in [5.74, 6) is 0.441. The molecule has 0 radical (unpaired) electrons. The Balaban J connectivity index is 2.36. The molecule has 1 heterocycles. The summed E-state index contributed by atoms with van der Waals surface area (Å²) in [4.78, 5) is 11.8. The highest BCUT2D eigenvalue weighted by molar-refractivity contribution is 7.14. The third-order valence-corrected chi connectivity index (χ3v) is 2.96. The van der Waals surface area contributed by atoms with Crippen LogP contribution in [0.5, 0.6) is 11.5 Å². The molecule has 0 amide bonds. The molecule has 0 unspecified atom stereocenters. The van der Waals surface area contributed by atoms with Crippen LogP contribution in [0.4, 0.5) is 0 Å². The minimum atomic E-state index is -0.335. The van der Waals surface area contributed by atoms with Crippen LogP contribution in [0.15, 0.2) is 35.7 Å². The van der Waals surface area contributed by atoms with Gasteiger partial charge in [-0.3, -0.25) is 4.79 Å². The maximum absolute atomic E-state index is 10.9. The molecule has 0 saturated heterocycles. The van der Waals surface area contributed by atoms with Gasteiger partial charge in [-0.1, -0.05) is 0 Å². The fourth-order valence-corrected chi connectivity index (χ4v) is 2.18. The average Bonchev–Trinajstić information content (AvgIpc) is 2.66. The highest BCUT2D eigenvalue weighted by Crippen LogP contribution is 2.36. The molecule has 0 aliphatic heterocycles. The quantitative estimate of drug-likeness (QED) is 0.812. The average molecular weight is 234 g/mol. The van der Waals surface area contributed by atoms with Crippen LogP contribution in [0.2, 0.25) is 0 Å². The van der Waals surface area contributed by atoms with Gasteiger partial charge in [-0.15, -0.1) is 11.3 Å². The van der Waals surface area contributed by atoms with Crippen LogP contribution in [0.1, 0.15) is 6.92 Å². The van der Waals surface area contributed by atoms with Gasteiger partial charge in [0, 0.05) is 6.92 Å². The fourth-order valence-electron chi connectivity index (χ4n) is 1.36. The normalized spacial score (nSPS) is 10.1. The summed E-state index contributed by atoms with van der Waals surface area (Å²) in [6.45, 7) is 1.37. The number of ether oxygens (including phenoxy) is 1. The number of carbonyl (C=O) groups is 1. The Morgan fingerprint density at radius 3 is 2.56 bits per heavy atom. The zero-order valence-corrected chi connectivity index (χ0v) is 9.45. The van der Waals surface area contributed by atoms with Crippen molar-refractivity contribution in [1.29, 1.82) is 0 Å². The van der Waals surface area contributed by atoms with Gasteiger partial charge in [-0.2, -0.15) is 0 Å². The van der Waals surface area contributed by atoms with E-state index in [0.29, 0.717) is 5.75 Å². The van der Waals surface area contributed by atoms with Gasteiger partial charge < -0.3 is 9.84 Å². The number of phenols is 1. The van der Waals surface area contributed by atoms with Gasteiger partial charge in [0.15, 0.2) is 0 Å². The molecule has 0 saturated carbocycles. The topological polar surface area (TPSA) is 46.5 Å². The van der Waals surface area contributed by atoms with E-state index in [1.807, 2.05) is 5.38 Å². The zero-order chi connectivity index (χ0) is 11.5. The van der Waals surface area contributed by atoms with Crippen molar-refractivity contribution in [3.05, 3.63) is 35.7 Å². The lowest BCUT2D eigenvalue weighted by Crippen LogP contribution is -2.00. The molecule has 1 aromatic carbocycles. The number of carbonyl (C=O) groups excluding carboxylic acids is 1. The highest BCUT2D eigenvalue weighted by Gasteiger charge is 2.09. The van der Waals surface area contributed by atoms with Crippen molar-refractivity contribution in [3.63, 3.8) is 0 Å². The first-order valence-corrected chi connectivity index (χ1v) is 5.60. The van der Waals surface area contributed by atoms with Gasteiger partial charge in [0.1, 0.15) is 11.5 Å². The molecular formula is C12H10O3S. The largest absolute Gasteiger partial charge is 0.508 e. The molecule has 0 fully saturated rings. The molecule has 0 atom stereocenters. The van der Waals surface area contributed by atoms with Crippen LogP contribution >= 0.6 is 11.3 Å². The van der Waals surface area contributed by atoms with Crippen molar-refractivity contribution in [2.45, 2.75) is 6.92 Å². The smallest absolute Gasteiger partial charge is 0.308 e. The van der Waals surface area contributed by atoms with E-state index in [1.165, 1.54) is 18.3 Å². The third-order valence-electron chi connectivity index (χ3n) is 2.01. The molecule has 2 aromatic rings. The van der Waals surface area contributed by atoms with Crippen molar-refractivity contribution in [2.75, 3.05) is 0 Å². The van der Waals surface area contributed by atoms with E-state index in [2.05, 4.69) is 0 Å². The molecular weight excluding hydrogens is 224 g/mol. The number of aromatic hydroxyl groups is 1. The number of rotatable bonds is 2. The molecule has 1 aromatic heterocycles. The predicted molar refractivity (Wildman–Crippen MR) is 62.7 cm³/mol. The number of hydrogen-bond acceptors (Lipinski definition) is 4. The Labute approximate surface area is 96.9 Å². The molecule has 0 bridgehead atoms. The Bertz CT molecular complexity index is 499. The number of esters is 1. The van der Waals surface area contributed by atoms with Gasteiger partial charge in [0.25, 0.3) is 0 Å². The van der Waals surface area contributed by atoms with E-state index >= 15 is 0 Å². The second kappa shape index (κ2) is 4.37. The standard InChI is InChI=1S/C12H10O3S/c1-8(13)15-11-6-7-16-12(11)9-2-4-10(14)5-3-9/h2-7,14H,1H3. The predicted octanol–water partition coefficient (Wildman–Crippen LogP) is 3.05. The van der Waals surface area contributed by atoms with Gasteiger partial charge in [0.2, 0.25) is 0 Å². The van der Waals surface area contributed by atoms with Crippen molar-refractivity contribution in [3.8, 4) is 21.9 Å². The van der Waals surface area contributed by atoms with Crippen LogP contribution in [0, 0.1) is 0 Å². The summed E-state index contributed by atoms with van der Waals surface area (Å²) in [7, 11) is 0. The first-order chi connectivity index (χ1) is 7.66. The molecule has 0 aliphatic rings. The SMILES string of the molecule is CC(=O)Oc1ccsc1-c1ccc(O)cc1. The molecule has 0 spiro atoms. The molecule has 4 heteroatoms. The molecule has 2 rings (SSSR count). The van der Waals surface area contributed by atoms with Crippen LogP contribution < -0.4 is 4.74 Å². The van der Waals surface area contributed by atoms with Crippen molar-refractivity contribution in [1.82, 2.24) is 0 Å². The fraction of sp³-hybridized carbons (Fsp3) is 0.0833. The molecule has 3 nitrogen and oxygen atoms in total. The number of phenolic OH excluding ortho intramolecular Hbond substituents is 1. The van der Waals surface area contributed by atoms with Gasteiger partial charge in [0.05, 0.1) is 4.88 Å².